The average Bonchev–Trinajstić information content (AvgIpc) is 3.28. The number of carbonyl (C=O) groups excluding carboxylic acids is 2. The number of rotatable bonds is 9. The summed E-state index contributed by atoms with van der Waals surface area (Å²) in [5.74, 6) is -1.83. The molecule has 182 valence electrons. The van der Waals surface area contributed by atoms with Gasteiger partial charge in [-0.2, -0.15) is 12.6 Å². The number of thiol groups is 1. The Kier molecular flexibility index (Phi) is 8.42. The second-order valence-corrected chi connectivity index (χ2v) is 10.2. The van der Waals surface area contributed by atoms with Crippen molar-refractivity contribution >= 4 is 30.4 Å². The van der Waals surface area contributed by atoms with Gasteiger partial charge in [-0.25, -0.2) is 4.79 Å². The third kappa shape index (κ3) is 6.20. The molecule has 1 aliphatic rings. The maximum absolute atomic E-state index is 13.3. The number of amides is 2. The molecule has 2 aromatic rings. The molecule has 1 aliphatic carbocycles. The van der Waals surface area contributed by atoms with Crippen molar-refractivity contribution in [2.75, 3.05) is 0 Å². The van der Waals surface area contributed by atoms with Crippen LogP contribution in [0.5, 0.6) is 0 Å². The summed E-state index contributed by atoms with van der Waals surface area (Å²) in [4.78, 5) is 37.9. The number of benzene rings is 2. The molecule has 0 unspecified atom stereocenters. The lowest BCUT2D eigenvalue weighted by Crippen LogP contribution is -2.61. The van der Waals surface area contributed by atoms with Crippen LogP contribution in [0.2, 0.25) is 0 Å². The summed E-state index contributed by atoms with van der Waals surface area (Å²) in [5.41, 5.74) is 3.03. The van der Waals surface area contributed by atoms with Crippen molar-refractivity contribution in [3.8, 4) is 11.1 Å². The van der Waals surface area contributed by atoms with Crippen molar-refractivity contribution < 1.29 is 19.5 Å². The Balaban J connectivity index is 1.71. The second kappa shape index (κ2) is 11.1. The van der Waals surface area contributed by atoms with Gasteiger partial charge in [0.15, 0.2) is 0 Å². The fourth-order valence-corrected chi connectivity index (χ4v) is 4.38. The van der Waals surface area contributed by atoms with Crippen LogP contribution >= 0.6 is 12.6 Å². The van der Waals surface area contributed by atoms with Gasteiger partial charge in [0.2, 0.25) is 11.8 Å². The molecule has 7 heteroatoms. The van der Waals surface area contributed by atoms with E-state index in [1.165, 1.54) is 5.56 Å². The number of carbonyl (C=O) groups is 3. The minimum absolute atomic E-state index is 0.0134. The van der Waals surface area contributed by atoms with Crippen molar-refractivity contribution in [3.05, 3.63) is 59.7 Å². The van der Waals surface area contributed by atoms with E-state index in [0.717, 1.165) is 29.5 Å². The van der Waals surface area contributed by atoms with Crippen LogP contribution in [-0.4, -0.2) is 39.7 Å². The lowest BCUT2D eigenvalue weighted by atomic mass is 9.94. The minimum Gasteiger partial charge on any atom is -0.480 e. The van der Waals surface area contributed by atoms with E-state index < -0.39 is 28.7 Å². The van der Waals surface area contributed by atoms with Gasteiger partial charge in [-0.1, -0.05) is 80.8 Å². The van der Waals surface area contributed by atoms with Gasteiger partial charge in [-0.05, 0) is 42.4 Å². The van der Waals surface area contributed by atoms with E-state index in [0.29, 0.717) is 12.8 Å². The van der Waals surface area contributed by atoms with Gasteiger partial charge in [0.05, 0.1) is 5.25 Å². The fraction of sp³-hybridized carbons (Fsp3) is 0.444. The zero-order valence-electron chi connectivity index (χ0n) is 20.0. The Morgan fingerprint density at radius 3 is 2.00 bits per heavy atom. The van der Waals surface area contributed by atoms with Gasteiger partial charge in [0, 0.05) is 6.42 Å². The standard InChI is InChI=1S/C27H34N2O4S/c1-17(2)23(34)24(30)29-27(14-4-5-15-27)26(33)28-22(25(31)32)16-19-8-12-21(13-9-19)20-10-6-18(3)7-11-20/h6-13,17,22-23,34H,4-5,14-16H2,1-3H3,(H,28,33)(H,29,30)(H,31,32)/t22-,23-/m0/s1. The predicted molar refractivity (Wildman–Crippen MR) is 137 cm³/mol. The maximum Gasteiger partial charge on any atom is 0.326 e. The van der Waals surface area contributed by atoms with Crippen LogP contribution in [0, 0.1) is 12.8 Å². The van der Waals surface area contributed by atoms with E-state index in [1.54, 1.807) is 0 Å². The molecule has 0 aromatic heterocycles. The summed E-state index contributed by atoms with van der Waals surface area (Å²) in [5, 5.41) is 14.8. The lowest BCUT2D eigenvalue weighted by molar-refractivity contribution is -0.143. The SMILES string of the molecule is Cc1ccc(-c2ccc(C[C@H](NC(=O)C3(NC(=O)[C@@H](S)C(C)C)CCCC3)C(=O)O)cc2)cc1. The molecule has 1 fully saturated rings. The van der Waals surface area contributed by atoms with Gasteiger partial charge in [-0.3, -0.25) is 9.59 Å². The first kappa shape index (κ1) is 25.8. The third-order valence-corrected chi connectivity index (χ3v) is 7.37. The molecule has 0 heterocycles. The molecule has 0 saturated heterocycles. The maximum atomic E-state index is 13.3. The van der Waals surface area contributed by atoms with Crippen molar-refractivity contribution in [2.24, 2.45) is 5.92 Å². The quantitative estimate of drug-likeness (QED) is 0.404. The molecule has 0 bridgehead atoms. The molecular weight excluding hydrogens is 448 g/mol. The van der Waals surface area contributed by atoms with Gasteiger partial charge in [0.1, 0.15) is 11.6 Å². The molecule has 6 nitrogen and oxygen atoms in total. The summed E-state index contributed by atoms with van der Waals surface area (Å²) in [6.07, 6.45) is 2.72. The van der Waals surface area contributed by atoms with Gasteiger partial charge >= 0.3 is 5.97 Å². The molecule has 34 heavy (non-hydrogen) atoms. The van der Waals surface area contributed by atoms with E-state index in [4.69, 9.17) is 0 Å². The molecule has 2 aromatic carbocycles. The highest BCUT2D eigenvalue weighted by molar-refractivity contribution is 7.81. The Morgan fingerprint density at radius 1 is 0.971 bits per heavy atom. The Hall–Kier alpha value is -2.80. The molecule has 0 radical (unpaired) electrons. The topological polar surface area (TPSA) is 95.5 Å². The molecular formula is C27H34N2O4S. The van der Waals surface area contributed by atoms with Gasteiger partial charge in [0.25, 0.3) is 0 Å². The summed E-state index contributed by atoms with van der Waals surface area (Å²) in [6.45, 7) is 5.82. The summed E-state index contributed by atoms with van der Waals surface area (Å²) in [6, 6.07) is 14.8. The van der Waals surface area contributed by atoms with Crippen LogP contribution in [0.4, 0.5) is 0 Å². The largest absolute Gasteiger partial charge is 0.480 e. The summed E-state index contributed by atoms with van der Waals surface area (Å²) in [7, 11) is 0. The second-order valence-electron chi connectivity index (χ2n) is 9.60. The molecule has 2 atom stereocenters. The van der Waals surface area contributed by atoms with Crippen LogP contribution in [0.3, 0.4) is 0 Å². The zero-order valence-corrected chi connectivity index (χ0v) is 20.9. The molecule has 2 amide bonds. The van der Waals surface area contributed by atoms with Gasteiger partial charge in [-0.15, -0.1) is 0 Å². The number of aryl methyl sites for hydroxylation is 1. The normalized spacial score (nSPS) is 16.6. The van der Waals surface area contributed by atoms with Crippen LogP contribution in [0.25, 0.3) is 11.1 Å². The molecule has 1 saturated carbocycles. The van der Waals surface area contributed by atoms with Crippen LogP contribution in [0.15, 0.2) is 48.5 Å². The highest BCUT2D eigenvalue weighted by Crippen LogP contribution is 2.31. The van der Waals surface area contributed by atoms with Crippen molar-refractivity contribution in [3.63, 3.8) is 0 Å². The predicted octanol–water partition coefficient (Wildman–Crippen LogP) is 4.16. The number of hydrogen-bond acceptors (Lipinski definition) is 4. The molecule has 3 rings (SSSR count). The summed E-state index contributed by atoms with van der Waals surface area (Å²) < 4.78 is 0. The molecule has 0 aliphatic heterocycles. The van der Waals surface area contributed by atoms with Crippen LogP contribution in [-0.2, 0) is 20.8 Å². The third-order valence-electron chi connectivity index (χ3n) is 6.54. The molecule has 0 spiro atoms. The van der Waals surface area contributed by atoms with Crippen molar-refractivity contribution in [1.29, 1.82) is 0 Å². The number of aliphatic carboxylic acids is 1. The zero-order chi connectivity index (χ0) is 24.9. The van der Waals surface area contributed by atoms with E-state index >= 15 is 0 Å². The van der Waals surface area contributed by atoms with E-state index in [1.807, 2.05) is 57.2 Å². The van der Waals surface area contributed by atoms with Crippen LogP contribution < -0.4 is 10.6 Å². The fourth-order valence-electron chi connectivity index (χ4n) is 4.31. The number of nitrogens with one attached hydrogen (secondary N) is 2. The van der Waals surface area contributed by atoms with Crippen molar-refractivity contribution in [1.82, 2.24) is 10.6 Å². The van der Waals surface area contributed by atoms with Crippen molar-refractivity contribution in [2.45, 2.75) is 69.7 Å². The van der Waals surface area contributed by atoms with E-state index in [9.17, 15) is 19.5 Å². The Morgan fingerprint density at radius 2 is 1.50 bits per heavy atom. The smallest absolute Gasteiger partial charge is 0.326 e. The Labute approximate surface area is 206 Å². The minimum atomic E-state index is -1.11. The average molecular weight is 483 g/mol. The first-order valence-electron chi connectivity index (χ1n) is 11.8. The highest BCUT2D eigenvalue weighted by atomic mass is 32.1. The monoisotopic (exact) mass is 482 g/mol. The van der Waals surface area contributed by atoms with E-state index in [2.05, 4.69) is 35.4 Å². The number of carboxylic acid groups (broad SMARTS) is 1. The first-order valence-corrected chi connectivity index (χ1v) is 12.3. The highest BCUT2D eigenvalue weighted by Gasteiger charge is 2.44. The summed E-state index contributed by atoms with van der Waals surface area (Å²) >= 11 is 4.37. The Bertz CT molecular complexity index is 1010. The molecule has 3 N–H and O–H groups in total. The van der Waals surface area contributed by atoms with Gasteiger partial charge < -0.3 is 15.7 Å². The number of hydrogen-bond donors (Lipinski definition) is 4. The van der Waals surface area contributed by atoms with Crippen LogP contribution in [0.1, 0.15) is 50.7 Å². The van der Waals surface area contributed by atoms with E-state index in [-0.39, 0.29) is 18.2 Å². The number of carboxylic acids is 1. The lowest BCUT2D eigenvalue weighted by Gasteiger charge is -2.32. The first-order chi connectivity index (χ1) is 16.1.